The average Bonchev–Trinajstić information content (AvgIpc) is 2.12. The van der Waals surface area contributed by atoms with Gasteiger partial charge in [-0.15, -0.1) is 0 Å². The fourth-order valence-electron chi connectivity index (χ4n) is 1.51. The highest BCUT2D eigenvalue weighted by Crippen LogP contribution is 2.06. The summed E-state index contributed by atoms with van der Waals surface area (Å²) in [4.78, 5) is 2.47. The van der Waals surface area contributed by atoms with Crippen LogP contribution < -0.4 is 0 Å². The number of rotatable bonds is 8. The summed E-state index contributed by atoms with van der Waals surface area (Å²) >= 11 is 4.21. The molecule has 1 atom stereocenters. The molecule has 0 amide bonds. The predicted molar refractivity (Wildman–Crippen MR) is 64.7 cm³/mol. The van der Waals surface area contributed by atoms with Crippen molar-refractivity contribution in [3.63, 3.8) is 0 Å². The Morgan fingerprint density at radius 2 is 1.92 bits per heavy atom. The normalized spacial score (nSPS) is 13.6. The van der Waals surface area contributed by atoms with Gasteiger partial charge >= 0.3 is 0 Å². The van der Waals surface area contributed by atoms with Crippen LogP contribution in [0.4, 0.5) is 0 Å². The van der Waals surface area contributed by atoms with Crippen LogP contribution in [-0.2, 0) is 0 Å². The van der Waals surface area contributed by atoms with E-state index < -0.39 is 0 Å². The van der Waals surface area contributed by atoms with Crippen molar-refractivity contribution in [2.75, 3.05) is 19.3 Å². The van der Waals surface area contributed by atoms with E-state index in [1.807, 2.05) is 0 Å². The predicted octanol–water partition coefficient (Wildman–Crippen LogP) is 3.21. The van der Waals surface area contributed by atoms with Crippen molar-refractivity contribution < 1.29 is 0 Å². The van der Waals surface area contributed by atoms with E-state index in [-0.39, 0.29) is 0 Å². The van der Waals surface area contributed by atoms with E-state index in [1.165, 1.54) is 38.6 Å². The Morgan fingerprint density at radius 1 is 1.23 bits per heavy atom. The molecule has 2 heteroatoms. The van der Waals surface area contributed by atoms with Crippen LogP contribution in [0, 0.1) is 0 Å². The van der Waals surface area contributed by atoms with E-state index in [9.17, 15) is 0 Å². The molecule has 0 saturated heterocycles. The van der Waals surface area contributed by atoms with E-state index in [2.05, 4.69) is 38.4 Å². The Balaban J connectivity index is 3.32. The van der Waals surface area contributed by atoms with Crippen LogP contribution in [0.15, 0.2) is 0 Å². The second kappa shape index (κ2) is 8.89. The van der Waals surface area contributed by atoms with Crippen LogP contribution in [0.1, 0.15) is 46.0 Å². The molecule has 0 saturated carbocycles. The van der Waals surface area contributed by atoms with Gasteiger partial charge in [-0.05, 0) is 45.5 Å². The van der Waals surface area contributed by atoms with E-state index >= 15 is 0 Å². The maximum Gasteiger partial charge on any atom is 0.00637 e. The van der Waals surface area contributed by atoms with Crippen LogP contribution in [0.3, 0.4) is 0 Å². The van der Waals surface area contributed by atoms with Gasteiger partial charge in [-0.2, -0.15) is 12.6 Å². The minimum absolute atomic E-state index is 0.751. The summed E-state index contributed by atoms with van der Waals surface area (Å²) in [6, 6.07) is 0.751. The van der Waals surface area contributed by atoms with E-state index in [0.717, 1.165) is 11.8 Å². The van der Waals surface area contributed by atoms with Crippen molar-refractivity contribution in [3.8, 4) is 0 Å². The summed E-state index contributed by atoms with van der Waals surface area (Å²) in [5.41, 5.74) is 0. The highest BCUT2D eigenvalue weighted by molar-refractivity contribution is 7.80. The number of nitrogens with zero attached hydrogens (tertiary/aromatic N) is 1. The molecule has 0 spiro atoms. The fourth-order valence-corrected chi connectivity index (χ4v) is 1.73. The van der Waals surface area contributed by atoms with Crippen molar-refractivity contribution in [2.24, 2.45) is 0 Å². The van der Waals surface area contributed by atoms with Crippen LogP contribution in [0.25, 0.3) is 0 Å². The molecular formula is C11H25NS. The molecule has 0 fully saturated rings. The first-order valence-electron chi connectivity index (χ1n) is 5.53. The van der Waals surface area contributed by atoms with Crippen molar-refractivity contribution in [1.82, 2.24) is 4.90 Å². The molecule has 0 aromatic carbocycles. The maximum atomic E-state index is 4.21. The summed E-state index contributed by atoms with van der Waals surface area (Å²) in [5, 5.41) is 0. The van der Waals surface area contributed by atoms with Crippen molar-refractivity contribution in [3.05, 3.63) is 0 Å². The van der Waals surface area contributed by atoms with Crippen LogP contribution in [0.2, 0.25) is 0 Å². The molecule has 0 aliphatic rings. The number of hydrogen-bond donors (Lipinski definition) is 1. The molecule has 0 rings (SSSR count). The number of thiol groups is 1. The Morgan fingerprint density at radius 3 is 2.46 bits per heavy atom. The molecule has 0 aromatic rings. The van der Waals surface area contributed by atoms with Gasteiger partial charge < -0.3 is 4.90 Å². The smallest absolute Gasteiger partial charge is 0.00637 e. The molecule has 80 valence electrons. The van der Waals surface area contributed by atoms with Gasteiger partial charge in [-0.25, -0.2) is 0 Å². The Bertz CT molecular complexity index is 106. The van der Waals surface area contributed by atoms with Crippen LogP contribution in [0.5, 0.6) is 0 Å². The fraction of sp³-hybridized carbons (Fsp3) is 1.00. The zero-order chi connectivity index (χ0) is 10.1. The zero-order valence-corrected chi connectivity index (χ0v) is 10.3. The third-order valence-corrected chi connectivity index (χ3v) is 2.94. The van der Waals surface area contributed by atoms with E-state index in [1.54, 1.807) is 0 Å². The zero-order valence-electron chi connectivity index (χ0n) is 9.42. The Kier molecular flexibility index (Phi) is 9.10. The summed E-state index contributed by atoms with van der Waals surface area (Å²) in [5.74, 6) is 1.04. The molecule has 0 aromatic heterocycles. The first-order valence-corrected chi connectivity index (χ1v) is 6.16. The monoisotopic (exact) mass is 203 g/mol. The minimum atomic E-state index is 0.751. The lowest BCUT2D eigenvalue weighted by Crippen LogP contribution is -2.29. The Labute approximate surface area is 89.3 Å². The summed E-state index contributed by atoms with van der Waals surface area (Å²) in [6.07, 6.45) is 6.53. The minimum Gasteiger partial charge on any atom is -0.304 e. The van der Waals surface area contributed by atoms with Crippen molar-refractivity contribution in [1.29, 1.82) is 0 Å². The van der Waals surface area contributed by atoms with E-state index in [0.29, 0.717) is 0 Å². The molecule has 1 unspecified atom stereocenters. The molecule has 0 radical (unpaired) electrons. The molecule has 0 heterocycles. The lowest BCUT2D eigenvalue weighted by Gasteiger charge is -2.24. The van der Waals surface area contributed by atoms with Gasteiger partial charge in [0.05, 0.1) is 0 Å². The summed E-state index contributed by atoms with van der Waals surface area (Å²) in [6.45, 7) is 5.82. The highest BCUT2D eigenvalue weighted by Gasteiger charge is 2.06. The highest BCUT2D eigenvalue weighted by atomic mass is 32.1. The average molecular weight is 203 g/mol. The van der Waals surface area contributed by atoms with Crippen molar-refractivity contribution >= 4 is 12.6 Å². The van der Waals surface area contributed by atoms with Gasteiger partial charge in [0.25, 0.3) is 0 Å². The van der Waals surface area contributed by atoms with Gasteiger partial charge in [-0.3, -0.25) is 0 Å². The third-order valence-electron chi connectivity index (χ3n) is 2.63. The third kappa shape index (κ3) is 7.39. The SMILES string of the molecule is CCCC(C)N(C)CCCCCS. The quantitative estimate of drug-likeness (QED) is 0.468. The molecule has 0 N–H and O–H groups in total. The van der Waals surface area contributed by atoms with Gasteiger partial charge in [0.1, 0.15) is 0 Å². The van der Waals surface area contributed by atoms with Gasteiger partial charge in [-0.1, -0.05) is 19.8 Å². The molecule has 0 aliphatic carbocycles. The molecule has 0 bridgehead atoms. The van der Waals surface area contributed by atoms with Gasteiger partial charge in [0.2, 0.25) is 0 Å². The first kappa shape index (κ1) is 13.3. The van der Waals surface area contributed by atoms with Crippen LogP contribution in [-0.4, -0.2) is 30.3 Å². The Hall–Kier alpha value is 0.310. The van der Waals surface area contributed by atoms with E-state index in [4.69, 9.17) is 0 Å². The molecule has 0 aliphatic heterocycles. The van der Waals surface area contributed by atoms with Crippen LogP contribution >= 0.6 is 12.6 Å². The second-order valence-electron chi connectivity index (χ2n) is 3.90. The summed E-state index contributed by atoms with van der Waals surface area (Å²) < 4.78 is 0. The standard InChI is InChI=1S/C11H25NS/c1-4-8-11(2)12(3)9-6-5-7-10-13/h11,13H,4-10H2,1-3H3. The maximum absolute atomic E-state index is 4.21. The topological polar surface area (TPSA) is 3.24 Å². The molecule has 1 nitrogen and oxygen atoms in total. The lowest BCUT2D eigenvalue weighted by molar-refractivity contribution is 0.240. The second-order valence-corrected chi connectivity index (χ2v) is 4.35. The largest absolute Gasteiger partial charge is 0.304 e. The number of unbranched alkanes of at least 4 members (excludes halogenated alkanes) is 2. The van der Waals surface area contributed by atoms with Gasteiger partial charge in [0.15, 0.2) is 0 Å². The molecular weight excluding hydrogens is 178 g/mol. The first-order chi connectivity index (χ1) is 6.22. The number of hydrogen-bond acceptors (Lipinski definition) is 2. The van der Waals surface area contributed by atoms with Crippen molar-refractivity contribution in [2.45, 2.75) is 52.0 Å². The molecule has 13 heavy (non-hydrogen) atoms. The van der Waals surface area contributed by atoms with Gasteiger partial charge in [0, 0.05) is 6.04 Å². The summed E-state index contributed by atoms with van der Waals surface area (Å²) in [7, 11) is 2.24. The lowest BCUT2D eigenvalue weighted by atomic mass is 10.1.